The molecule has 2 rings (SSSR count). The molecular formula is C14H18N2O3. The van der Waals surface area contributed by atoms with E-state index in [1.54, 1.807) is 24.0 Å². The molecule has 1 aliphatic heterocycles. The lowest BCUT2D eigenvalue weighted by Crippen LogP contribution is -2.53. The van der Waals surface area contributed by atoms with Gasteiger partial charge in [-0.25, -0.2) is 0 Å². The van der Waals surface area contributed by atoms with Gasteiger partial charge in [0.25, 0.3) is 5.91 Å². The van der Waals surface area contributed by atoms with Crippen LogP contribution in [0.3, 0.4) is 0 Å². The fraction of sp³-hybridized carbons (Fsp3) is 0.429. The maximum Gasteiger partial charge on any atom is 0.320 e. The quantitative estimate of drug-likeness (QED) is 0.880. The second-order valence-corrected chi connectivity index (χ2v) is 4.71. The third-order valence-electron chi connectivity index (χ3n) is 3.53. The van der Waals surface area contributed by atoms with Crippen molar-refractivity contribution in [2.45, 2.75) is 13.0 Å². The highest BCUT2D eigenvalue weighted by Gasteiger charge is 2.27. The maximum absolute atomic E-state index is 12.2. The molecular weight excluding hydrogens is 244 g/mol. The van der Waals surface area contributed by atoms with Crippen LogP contribution in [0.2, 0.25) is 0 Å². The predicted molar refractivity (Wildman–Crippen MR) is 71.0 cm³/mol. The zero-order valence-corrected chi connectivity index (χ0v) is 11.0. The van der Waals surface area contributed by atoms with Gasteiger partial charge in [-0.1, -0.05) is 18.2 Å². The Bertz CT molecular complexity index is 453. The monoisotopic (exact) mass is 262 g/mol. The molecule has 0 saturated carbocycles. The van der Waals surface area contributed by atoms with Gasteiger partial charge in [0.2, 0.25) is 0 Å². The number of carbonyl (C=O) groups is 2. The van der Waals surface area contributed by atoms with Crippen molar-refractivity contribution in [1.29, 1.82) is 0 Å². The Morgan fingerprint density at radius 1 is 1.11 bits per heavy atom. The van der Waals surface area contributed by atoms with Crippen LogP contribution < -0.4 is 0 Å². The number of carboxylic acids is 1. The Balaban J connectivity index is 1.93. The van der Waals surface area contributed by atoms with E-state index in [0.717, 1.165) is 0 Å². The molecule has 1 saturated heterocycles. The molecule has 5 heteroatoms. The van der Waals surface area contributed by atoms with Crippen LogP contribution in [0, 0.1) is 0 Å². The number of carboxylic acid groups (broad SMARTS) is 1. The highest BCUT2D eigenvalue weighted by molar-refractivity contribution is 5.94. The summed E-state index contributed by atoms with van der Waals surface area (Å²) in [5.74, 6) is -0.800. The van der Waals surface area contributed by atoms with E-state index in [4.69, 9.17) is 5.11 Å². The summed E-state index contributed by atoms with van der Waals surface area (Å²) in [5, 5.41) is 8.97. The molecule has 1 aliphatic rings. The molecule has 19 heavy (non-hydrogen) atoms. The third kappa shape index (κ3) is 3.12. The van der Waals surface area contributed by atoms with Gasteiger partial charge in [-0.3, -0.25) is 14.5 Å². The van der Waals surface area contributed by atoms with Crippen molar-refractivity contribution >= 4 is 11.9 Å². The Morgan fingerprint density at radius 2 is 1.68 bits per heavy atom. The number of hydrogen-bond donors (Lipinski definition) is 1. The zero-order valence-electron chi connectivity index (χ0n) is 11.0. The normalized spacial score (nSPS) is 18.1. The Hall–Kier alpha value is -1.88. The lowest BCUT2D eigenvalue weighted by Gasteiger charge is -2.36. The molecule has 0 aromatic heterocycles. The van der Waals surface area contributed by atoms with Crippen LogP contribution in [-0.4, -0.2) is 59.0 Å². The minimum Gasteiger partial charge on any atom is -0.480 e. The number of piperazine rings is 1. The summed E-state index contributed by atoms with van der Waals surface area (Å²) in [4.78, 5) is 26.8. The highest BCUT2D eigenvalue weighted by atomic mass is 16.4. The fourth-order valence-electron chi connectivity index (χ4n) is 2.23. The van der Waals surface area contributed by atoms with Gasteiger partial charge in [0.15, 0.2) is 0 Å². The van der Waals surface area contributed by atoms with Crippen molar-refractivity contribution in [1.82, 2.24) is 9.80 Å². The summed E-state index contributed by atoms with van der Waals surface area (Å²) >= 11 is 0. The van der Waals surface area contributed by atoms with Gasteiger partial charge in [0, 0.05) is 31.7 Å². The molecule has 102 valence electrons. The lowest BCUT2D eigenvalue weighted by atomic mass is 10.1. The molecule has 1 N–H and O–H groups in total. The van der Waals surface area contributed by atoms with E-state index in [0.29, 0.717) is 31.7 Å². The Kier molecular flexibility index (Phi) is 4.16. The molecule has 0 spiro atoms. The van der Waals surface area contributed by atoms with Crippen molar-refractivity contribution in [2.24, 2.45) is 0 Å². The van der Waals surface area contributed by atoms with E-state index in [-0.39, 0.29) is 5.91 Å². The van der Waals surface area contributed by atoms with Crippen molar-refractivity contribution in [3.05, 3.63) is 35.9 Å². The first-order chi connectivity index (χ1) is 9.09. The van der Waals surface area contributed by atoms with Crippen molar-refractivity contribution in [2.75, 3.05) is 26.2 Å². The highest BCUT2D eigenvalue weighted by Crippen LogP contribution is 2.10. The maximum atomic E-state index is 12.2. The molecule has 0 aliphatic carbocycles. The molecule has 1 aromatic carbocycles. The number of nitrogens with zero attached hydrogens (tertiary/aromatic N) is 2. The summed E-state index contributed by atoms with van der Waals surface area (Å²) < 4.78 is 0. The number of carbonyl (C=O) groups excluding carboxylic acids is 1. The Labute approximate surface area is 112 Å². The standard InChI is InChI=1S/C14H18N2O3/c1-11(14(18)19)15-7-9-16(10-8-15)13(17)12-5-3-2-4-6-12/h2-6,11H,7-10H2,1H3,(H,18,19)/t11-/m1/s1. The average Bonchev–Trinajstić information content (AvgIpc) is 2.46. The SMILES string of the molecule is C[C@H](C(=O)O)N1CCN(C(=O)c2ccccc2)CC1. The largest absolute Gasteiger partial charge is 0.480 e. The summed E-state index contributed by atoms with van der Waals surface area (Å²) in [6.07, 6.45) is 0. The second kappa shape index (κ2) is 5.84. The number of amides is 1. The van der Waals surface area contributed by atoms with Gasteiger partial charge in [0.1, 0.15) is 6.04 Å². The first-order valence-electron chi connectivity index (χ1n) is 6.41. The smallest absolute Gasteiger partial charge is 0.320 e. The molecule has 1 aromatic rings. The van der Waals surface area contributed by atoms with Crippen molar-refractivity contribution in [3.63, 3.8) is 0 Å². The molecule has 0 radical (unpaired) electrons. The summed E-state index contributed by atoms with van der Waals surface area (Å²) in [6.45, 7) is 4.03. The van der Waals surface area contributed by atoms with E-state index in [9.17, 15) is 9.59 Å². The third-order valence-corrected chi connectivity index (χ3v) is 3.53. The minimum atomic E-state index is -0.817. The molecule has 1 amide bonds. The van der Waals surface area contributed by atoms with Gasteiger partial charge < -0.3 is 10.0 Å². The van der Waals surface area contributed by atoms with Crippen LogP contribution in [0.25, 0.3) is 0 Å². The number of rotatable bonds is 3. The van der Waals surface area contributed by atoms with Gasteiger partial charge in [-0.15, -0.1) is 0 Å². The van der Waals surface area contributed by atoms with Crippen LogP contribution in [0.15, 0.2) is 30.3 Å². The molecule has 0 bridgehead atoms. The lowest BCUT2D eigenvalue weighted by molar-refractivity contribution is -0.143. The molecule has 1 fully saturated rings. The number of aliphatic carboxylic acids is 1. The van der Waals surface area contributed by atoms with Gasteiger partial charge >= 0.3 is 5.97 Å². The Morgan fingerprint density at radius 3 is 2.21 bits per heavy atom. The van der Waals surface area contributed by atoms with E-state index >= 15 is 0 Å². The molecule has 0 unspecified atom stereocenters. The van der Waals surface area contributed by atoms with E-state index in [1.807, 2.05) is 23.1 Å². The van der Waals surface area contributed by atoms with E-state index < -0.39 is 12.0 Å². The first kappa shape index (κ1) is 13.5. The van der Waals surface area contributed by atoms with Crippen LogP contribution in [0.4, 0.5) is 0 Å². The predicted octanol–water partition coefficient (Wildman–Crippen LogP) is 0.917. The number of hydrogen-bond acceptors (Lipinski definition) is 3. The van der Waals surface area contributed by atoms with Gasteiger partial charge in [-0.05, 0) is 19.1 Å². The summed E-state index contributed by atoms with van der Waals surface area (Å²) in [5.41, 5.74) is 0.683. The fourth-order valence-corrected chi connectivity index (χ4v) is 2.23. The number of benzene rings is 1. The average molecular weight is 262 g/mol. The van der Waals surface area contributed by atoms with Crippen LogP contribution >= 0.6 is 0 Å². The van der Waals surface area contributed by atoms with Crippen LogP contribution in [-0.2, 0) is 4.79 Å². The van der Waals surface area contributed by atoms with E-state index in [1.165, 1.54) is 0 Å². The second-order valence-electron chi connectivity index (χ2n) is 4.71. The van der Waals surface area contributed by atoms with Crippen LogP contribution in [0.1, 0.15) is 17.3 Å². The summed E-state index contributed by atoms with van der Waals surface area (Å²) in [7, 11) is 0. The zero-order chi connectivity index (χ0) is 13.8. The van der Waals surface area contributed by atoms with E-state index in [2.05, 4.69) is 0 Å². The molecule has 5 nitrogen and oxygen atoms in total. The van der Waals surface area contributed by atoms with Crippen LogP contribution in [0.5, 0.6) is 0 Å². The van der Waals surface area contributed by atoms with Crippen molar-refractivity contribution in [3.8, 4) is 0 Å². The topological polar surface area (TPSA) is 60.9 Å². The van der Waals surface area contributed by atoms with Gasteiger partial charge in [0.05, 0.1) is 0 Å². The minimum absolute atomic E-state index is 0.0169. The molecule has 1 heterocycles. The summed E-state index contributed by atoms with van der Waals surface area (Å²) in [6, 6.07) is 8.67. The van der Waals surface area contributed by atoms with Gasteiger partial charge in [-0.2, -0.15) is 0 Å². The first-order valence-corrected chi connectivity index (χ1v) is 6.41. The molecule has 1 atom stereocenters. The van der Waals surface area contributed by atoms with Crippen molar-refractivity contribution < 1.29 is 14.7 Å².